The van der Waals surface area contributed by atoms with Crippen molar-refractivity contribution in [2.24, 2.45) is 0 Å². The van der Waals surface area contributed by atoms with Crippen molar-refractivity contribution in [2.75, 3.05) is 13.1 Å². The molecule has 88 valence electrons. The van der Waals surface area contributed by atoms with Gasteiger partial charge in [-0.15, -0.1) is 0 Å². The van der Waals surface area contributed by atoms with E-state index in [0.717, 1.165) is 18.5 Å². The minimum absolute atomic E-state index is 0.000652. The number of aromatic hydroxyl groups is 1. The summed E-state index contributed by atoms with van der Waals surface area (Å²) in [6.07, 6.45) is 0.882. The van der Waals surface area contributed by atoms with E-state index in [-0.39, 0.29) is 5.91 Å². The predicted octanol–water partition coefficient (Wildman–Crippen LogP) is 1.01. The lowest BCUT2D eigenvalue weighted by Crippen LogP contribution is -2.24. The highest BCUT2D eigenvalue weighted by atomic mass is 16.3. The molecule has 0 radical (unpaired) electrons. The van der Waals surface area contributed by atoms with Crippen molar-refractivity contribution >= 4 is 5.91 Å². The fourth-order valence-corrected chi connectivity index (χ4v) is 1.36. The third-order valence-electron chi connectivity index (χ3n) is 2.21. The summed E-state index contributed by atoms with van der Waals surface area (Å²) in [6.45, 7) is 3.65. The highest BCUT2D eigenvalue weighted by molar-refractivity contribution is 5.72. The van der Waals surface area contributed by atoms with Crippen LogP contribution in [0.2, 0.25) is 0 Å². The van der Waals surface area contributed by atoms with Crippen LogP contribution in [0.4, 0.5) is 0 Å². The van der Waals surface area contributed by atoms with Gasteiger partial charge in [0, 0.05) is 25.6 Å². The van der Waals surface area contributed by atoms with Gasteiger partial charge in [0.2, 0.25) is 5.91 Å². The molecule has 4 nitrogen and oxygen atoms in total. The zero-order valence-electron chi connectivity index (χ0n) is 9.49. The Balaban J connectivity index is 2.12. The zero-order chi connectivity index (χ0) is 11.8. The van der Waals surface area contributed by atoms with Crippen LogP contribution >= 0.6 is 0 Å². The second kappa shape index (κ2) is 6.85. The molecule has 0 aromatic heterocycles. The molecule has 0 aliphatic carbocycles. The van der Waals surface area contributed by atoms with E-state index in [1.807, 2.05) is 12.1 Å². The maximum Gasteiger partial charge on any atom is 0.216 e. The maximum absolute atomic E-state index is 10.6. The molecule has 0 atom stereocenters. The molecule has 4 heteroatoms. The number of para-hydroxylation sites is 1. The van der Waals surface area contributed by atoms with Crippen molar-refractivity contribution in [2.45, 2.75) is 19.9 Å². The van der Waals surface area contributed by atoms with Gasteiger partial charge in [-0.3, -0.25) is 4.79 Å². The van der Waals surface area contributed by atoms with Gasteiger partial charge in [-0.25, -0.2) is 0 Å². The summed E-state index contributed by atoms with van der Waals surface area (Å²) < 4.78 is 0. The highest BCUT2D eigenvalue weighted by Crippen LogP contribution is 2.14. The second-order valence-corrected chi connectivity index (χ2v) is 3.64. The van der Waals surface area contributed by atoms with Crippen LogP contribution in [0.3, 0.4) is 0 Å². The Hall–Kier alpha value is -1.55. The van der Waals surface area contributed by atoms with Crippen LogP contribution in [0.5, 0.6) is 5.75 Å². The van der Waals surface area contributed by atoms with Crippen LogP contribution in [0.25, 0.3) is 0 Å². The van der Waals surface area contributed by atoms with Crippen molar-refractivity contribution in [3.8, 4) is 5.75 Å². The van der Waals surface area contributed by atoms with Gasteiger partial charge < -0.3 is 15.7 Å². The van der Waals surface area contributed by atoms with E-state index in [0.29, 0.717) is 18.8 Å². The van der Waals surface area contributed by atoms with Crippen molar-refractivity contribution in [1.29, 1.82) is 0 Å². The molecular weight excluding hydrogens is 204 g/mol. The molecule has 0 aliphatic rings. The van der Waals surface area contributed by atoms with Crippen LogP contribution in [0, 0.1) is 0 Å². The van der Waals surface area contributed by atoms with Crippen molar-refractivity contribution in [1.82, 2.24) is 10.6 Å². The Bertz CT molecular complexity index is 340. The Morgan fingerprint density at radius 1 is 1.31 bits per heavy atom. The number of hydrogen-bond acceptors (Lipinski definition) is 3. The number of hydrogen-bond donors (Lipinski definition) is 3. The fourth-order valence-electron chi connectivity index (χ4n) is 1.36. The van der Waals surface area contributed by atoms with Gasteiger partial charge >= 0.3 is 0 Å². The summed E-state index contributed by atoms with van der Waals surface area (Å²) in [5.41, 5.74) is 0.891. The zero-order valence-corrected chi connectivity index (χ0v) is 9.49. The van der Waals surface area contributed by atoms with Gasteiger partial charge in [-0.05, 0) is 19.0 Å². The van der Waals surface area contributed by atoms with E-state index < -0.39 is 0 Å². The standard InChI is InChI=1S/C12H18N2O2/c1-10(15)14-8-4-7-13-9-11-5-2-3-6-12(11)16/h2-3,5-6,13,16H,4,7-9H2,1H3,(H,14,15). The molecule has 1 aromatic carbocycles. The van der Waals surface area contributed by atoms with Crippen LogP contribution < -0.4 is 10.6 Å². The van der Waals surface area contributed by atoms with E-state index in [4.69, 9.17) is 0 Å². The summed E-state index contributed by atoms with van der Waals surface area (Å²) >= 11 is 0. The normalized spacial score (nSPS) is 10.1. The molecule has 0 spiro atoms. The third kappa shape index (κ3) is 4.79. The number of carbonyl (C=O) groups is 1. The monoisotopic (exact) mass is 222 g/mol. The molecule has 1 amide bonds. The van der Waals surface area contributed by atoms with Crippen LogP contribution in [0.15, 0.2) is 24.3 Å². The molecule has 0 unspecified atom stereocenters. The minimum Gasteiger partial charge on any atom is -0.508 e. The first-order valence-corrected chi connectivity index (χ1v) is 5.42. The highest BCUT2D eigenvalue weighted by Gasteiger charge is 1.98. The summed E-state index contributed by atoms with van der Waals surface area (Å²) in [6, 6.07) is 7.26. The fraction of sp³-hybridized carbons (Fsp3) is 0.417. The van der Waals surface area contributed by atoms with E-state index in [1.54, 1.807) is 12.1 Å². The van der Waals surface area contributed by atoms with Crippen molar-refractivity contribution < 1.29 is 9.90 Å². The Labute approximate surface area is 95.7 Å². The summed E-state index contributed by atoms with van der Waals surface area (Å²) in [5.74, 6) is 0.317. The lowest BCUT2D eigenvalue weighted by Gasteiger charge is -2.06. The van der Waals surface area contributed by atoms with E-state index in [9.17, 15) is 9.90 Å². The number of phenolic OH excluding ortho intramolecular Hbond substituents is 1. The molecule has 3 N–H and O–H groups in total. The van der Waals surface area contributed by atoms with E-state index in [1.165, 1.54) is 6.92 Å². The molecule has 1 aromatic rings. The van der Waals surface area contributed by atoms with Crippen LogP contribution in [-0.4, -0.2) is 24.1 Å². The largest absolute Gasteiger partial charge is 0.508 e. The average Bonchev–Trinajstić information content (AvgIpc) is 2.25. The van der Waals surface area contributed by atoms with Crippen LogP contribution in [-0.2, 0) is 11.3 Å². The predicted molar refractivity (Wildman–Crippen MR) is 63.1 cm³/mol. The quantitative estimate of drug-likeness (QED) is 0.629. The number of rotatable bonds is 6. The first kappa shape index (κ1) is 12.5. The average molecular weight is 222 g/mol. The van der Waals surface area contributed by atoms with E-state index >= 15 is 0 Å². The number of nitrogens with one attached hydrogen (secondary N) is 2. The minimum atomic E-state index is 0.000652. The van der Waals surface area contributed by atoms with Gasteiger partial charge in [0.15, 0.2) is 0 Å². The maximum atomic E-state index is 10.6. The van der Waals surface area contributed by atoms with Crippen molar-refractivity contribution in [3.05, 3.63) is 29.8 Å². The summed E-state index contributed by atoms with van der Waals surface area (Å²) in [7, 11) is 0. The first-order chi connectivity index (χ1) is 7.70. The van der Waals surface area contributed by atoms with Gasteiger partial charge in [-0.2, -0.15) is 0 Å². The van der Waals surface area contributed by atoms with Gasteiger partial charge in [0.25, 0.3) is 0 Å². The Kier molecular flexibility index (Phi) is 5.36. The second-order valence-electron chi connectivity index (χ2n) is 3.64. The van der Waals surface area contributed by atoms with Gasteiger partial charge in [0.1, 0.15) is 5.75 Å². The molecule has 0 fully saturated rings. The lowest BCUT2D eigenvalue weighted by atomic mass is 10.2. The van der Waals surface area contributed by atoms with Gasteiger partial charge in [0.05, 0.1) is 0 Å². The smallest absolute Gasteiger partial charge is 0.216 e. The Morgan fingerprint density at radius 3 is 2.75 bits per heavy atom. The summed E-state index contributed by atoms with van der Waals surface area (Å²) in [4.78, 5) is 10.6. The molecule has 16 heavy (non-hydrogen) atoms. The Morgan fingerprint density at radius 2 is 2.06 bits per heavy atom. The summed E-state index contributed by atoms with van der Waals surface area (Å²) in [5, 5.41) is 15.4. The SMILES string of the molecule is CC(=O)NCCCNCc1ccccc1O. The lowest BCUT2D eigenvalue weighted by molar-refractivity contribution is -0.118. The molecule has 0 heterocycles. The van der Waals surface area contributed by atoms with Gasteiger partial charge in [-0.1, -0.05) is 18.2 Å². The number of benzene rings is 1. The van der Waals surface area contributed by atoms with Crippen LogP contribution in [0.1, 0.15) is 18.9 Å². The third-order valence-corrected chi connectivity index (χ3v) is 2.21. The number of amides is 1. The number of phenols is 1. The molecule has 0 aliphatic heterocycles. The molecule has 0 saturated carbocycles. The molecular formula is C12H18N2O2. The molecule has 1 rings (SSSR count). The van der Waals surface area contributed by atoms with E-state index in [2.05, 4.69) is 10.6 Å². The molecule has 0 bridgehead atoms. The number of carbonyl (C=O) groups excluding carboxylic acids is 1. The molecule has 0 saturated heterocycles. The first-order valence-electron chi connectivity index (χ1n) is 5.42. The van der Waals surface area contributed by atoms with Crippen molar-refractivity contribution in [3.63, 3.8) is 0 Å². The topological polar surface area (TPSA) is 61.4 Å².